The van der Waals surface area contributed by atoms with Gasteiger partial charge in [0.1, 0.15) is 17.1 Å². The number of nitrogens with two attached hydrogens (primary N) is 2. The van der Waals surface area contributed by atoms with Crippen molar-refractivity contribution in [3.05, 3.63) is 59.9 Å². The van der Waals surface area contributed by atoms with E-state index in [2.05, 4.69) is 27.8 Å². The summed E-state index contributed by atoms with van der Waals surface area (Å²) in [5.74, 6) is 1.96. The topological polar surface area (TPSA) is 109 Å². The van der Waals surface area contributed by atoms with Gasteiger partial charge in [0.05, 0.1) is 18.1 Å². The molecule has 0 aliphatic carbocycles. The number of methoxy groups -OCH3 is 1. The maximum absolute atomic E-state index is 11.0. The van der Waals surface area contributed by atoms with Crippen LogP contribution in [0, 0.1) is 0 Å². The minimum Gasteiger partial charge on any atom is -0.497 e. The summed E-state index contributed by atoms with van der Waals surface area (Å²) in [6, 6.07) is 16.0. The van der Waals surface area contributed by atoms with Gasteiger partial charge < -0.3 is 20.8 Å². The zero-order valence-electron chi connectivity index (χ0n) is 17.7. The highest BCUT2D eigenvalue weighted by molar-refractivity contribution is 6.06. The van der Waals surface area contributed by atoms with Crippen LogP contribution < -0.4 is 16.2 Å². The van der Waals surface area contributed by atoms with E-state index in [1.54, 1.807) is 7.11 Å². The van der Waals surface area contributed by atoms with Crippen LogP contribution in [0.4, 0.5) is 5.82 Å². The molecule has 4 rings (SSSR count). The predicted octanol–water partition coefficient (Wildman–Crippen LogP) is 3.81. The van der Waals surface area contributed by atoms with Crippen molar-refractivity contribution in [2.45, 2.75) is 38.6 Å². The highest BCUT2D eigenvalue weighted by Crippen LogP contribution is 2.30. The van der Waals surface area contributed by atoms with Crippen LogP contribution in [0.5, 0.6) is 5.75 Å². The fourth-order valence-electron chi connectivity index (χ4n) is 3.95. The average Bonchev–Trinajstić information content (AvgIpc) is 3.13. The Bertz CT molecular complexity index is 1210. The smallest absolute Gasteiger partial charge is 0.217 e. The maximum atomic E-state index is 11.0. The molecular weight excluding hydrogens is 390 g/mol. The van der Waals surface area contributed by atoms with Gasteiger partial charge in [-0.05, 0) is 36.6 Å². The summed E-state index contributed by atoms with van der Waals surface area (Å²) in [7, 11) is 1.66. The van der Waals surface area contributed by atoms with E-state index in [-0.39, 0.29) is 5.91 Å². The van der Waals surface area contributed by atoms with Gasteiger partial charge in [0.25, 0.3) is 0 Å². The Hall–Kier alpha value is -3.61. The number of ether oxygens (including phenoxy) is 1. The number of unbranched alkanes of at least 4 members (excludes halogenated alkanes) is 2. The quantitative estimate of drug-likeness (QED) is 0.403. The molecule has 160 valence electrons. The van der Waals surface area contributed by atoms with Gasteiger partial charge in [0.15, 0.2) is 5.82 Å². The largest absolute Gasteiger partial charge is 0.497 e. The lowest BCUT2D eigenvalue weighted by atomic mass is 10.1. The average molecular weight is 418 g/mol. The van der Waals surface area contributed by atoms with Crippen LogP contribution in [-0.2, 0) is 17.8 Å². The molecule has 2 aromatic heterocycles. The number of amides is 1. The maximum Gasteiger partial charge on any atom is 0.217 e. The number of nitrogen functional groups attached to an aromatic ring is 1. The number of aryl methyl sites for hydroxylation is 1. The fraction of sp³-hybridized carbons (Fsp3) is 0.292. The number of pyridine rings is 1. The number of para-hydroxylation sites is 1. The zero-order valence-corrected chi connectivity index (χ0v) is 17.7. The second-order valence-corrected chi connectivity index (χ2v) is 7.69. The highest BCUT2D eigenvalue weighted by atomic mass is 16.5. The molecule has 0 unspecified atom stereocenters. The van der Waals surface area contributed by atoms with E-state index in [4.69, 9.17) is 21.2 Å². The molecule has 0 aliphatic rings. The lowest BCUT2D eigenvalue weighted by Crippen LogP contribution is -2.10. The monoisotopic (exact) mass is 417 g/mol. The molecule has 0 radical (unpaired) electrons. The van der Waals surface area contributed by atoms with Crippen molar-refractivity contribution < 1.29 is 9.53 Å². The number of carbonyl (C=O) groups excluding carboxylic acids is 1. The molecule has 7 heteroatoms. The number of hydrogen-bond acceptors (Lipinski definition) is 5. The second kappa shape index (κ2) is 9.04. The van der Waals surface area contributed by atoms with Crippen LogP contribution in [-0.4, -0.2) is 27.6 Å². The molecule has 0 aliphatic heterocycles. The molecule has 0 saturated carbocycles. The van der Waals surface area contributed by atoms with Crippen molar-refractivity contribution >= 4 is 33.7 Å². The first-order valence-corrected chi connectivity index (χ1v) is 10.5. The Labute approximate surface area is 181 Å². The van der Waals surface area contributed by atoms with Gasteiger partial charge in [-0.25, -0.2) is 9.97 Å². The normalized spacial score (nSPS) is 11.3. The Morgan fingerprint density at radius 3 is 2.55 bits per heavy atom. The molecule has 2 heterocycles. The minimum atomic E-state index is -0.252. The predicted molar refractivity (Wildman–Crippen MR) is 123 cm³/mol. The van der Waals surface area contributed by atoms with Crippen LogP contribution in [0.1, 0.15) is 37.1 Å². The number of carbonyl (C=O) groups is 1. The molecule has 31 heavy (non-hydrogen) atoms. The van der Waals surface area contributed by atoms with E-state index in [0.29, 0.717) is 18.7 Å². The minimum absolute atomic E-state index is 0.252. The van der Waals surface area contributed by atoms with Gasteiger partial charge in [-0.15, -0.1) is 0 Å². The number of hydrogen-bond donors (Lipinski definition) is 2. The summed E-state index contributed by atoms with van der Waals surface area (Å²) in [6.45, 7) is 0.786. The second-order valence-electron chi connectivity index (χ2n) is 7.69. The number of anilines is 1. The molecule has 7 nitrogen and oxygen atoms in total. The van der Waals surface area contributed by atoms with Crippen LogP contribution in [0.3, 0.4) is 0 Å². The summed E-state index contributed by atoms with van der Waals surface area (Å²) in [4.78, 5) is 20.5. The molecule has 2 aromatic carbocycles. The van der Waals surface area contributed by atoms with Gasteiger partial charge >= 0.3 is 0 Å². The SMILES string of the molecule is COc1ccc(Cc2nc3c(N)nc4ccccc4c3n2CCCCCC(N)=O)cc1. The van der Waals surface area contributed by atoms with E-state index in [9.17, 15) is 4.79 Å². The van der Waals surface area contributed by atoms with Gasteiger partial charge in [-0.1, -0.05) is 36.8 Å². The summed E-state index contributed by atoms with van der Waals surface area (Å²) >= 11 is 0. The van der Waals surface area contributed by atoms with Crippen molar-refractivity contribution in [3.8, 4) is 5.75 Å². The van der Waals surface area contributed by atoms with Gasteiger partial charge in [0.2, 0.25) is 5.91 Å². The number of imidazole rings is 1. The Morgan fingerprint density at radius 1 is 1.03 bits per heavy atom. The molecule has 0 spiro atoms. The van der Waals surface area contributed by atoms with E-state index in [0.717, 1.165) is 64.9 Å². The van der Waals surface area contributed by atoms with Crippen LogP contribution in [0.15, 0.2) is 48.5 Å². The first-order valence-electron chi connectivity index (χ1n) is 10.5. The molecule has 0 atom stereocenters. The van der Waals surface area contributed by atoms with Gasteiger partial charge in [-0.2, -0.15) is 0 Å². The number of rotatable bonds is 9. The van der Waals surface area contributed by atoms with E-state index in [1.807, 2.05) is 30.3 Å². The van der Waals surface area contributed by atoms with Crippen molar-refractivity contribution in [3.63, 3.8) is 0 Å². The standard InChI is InChI=1S/C24H27N5O2/c1-31-17-12-10-16(11-13-17)15-21-28-22-23(29(21)14-6-2-3-9-20(25)30)18-7-4-5-8-19(18)27-24(22)26/h4-5,7-8,10-13H,2-3,6,9,14-15H2,1H3,(H2,25,30)(H2,26,27). The number of nitrogens with zero attached hydrogens (tertiary/aromatic N) is 3. The Kier molecular flexibility index (Phi) is 6.02. The molecule has 4 aromatic rings. The van der Waals surface area contributed by atoms with Crippen LogP contribution >= 0.6 is 0 Å². The summed E-state index contributed by atoms with van der Waals surface area (Å²) in [5, 5.41) is 1.04. The number of aromatic nitrogens is 3. The van der Waals surface area contributed by atoms with Gasteiger partial charge in [-0.3, -0.25) is 4.79 Å². The van der Waals surface area contributed by atoms with Crippen molar-refractivity contribution in [2.24, 2.45) is 5.73 Å². The van der Waals surface area contributed by atoms with Gasteiger partial charge in [0, 0.05) is 24.8 Å². The van der Waals surface area contributed by atoms with E-state index >= 15 is 0 Å². The number of primary amides is 1. The molecule has 1 amide bonds. The summed E-state index contributed by atoms with van der Waals surface area (Å²) < 4.78 is 7.52. The van der Waals surface area contributed by atoms with E-state index in [1.165, 1.54) is 0 Å². The highest BCUT2D eigenvalue weighted by Gasteiger charge is 2.17. The third-order valence-corrected chi connectivity index (χ3v) is 5.52. The molecular formula is C24H27N5O2. The summed E-state index contributed by atoms with van der Waals surface area (Å²) in [5.41, 5.74) is 15.3. The van der Waals surface area contributed by atoms with Crippen LogP contribution in [0.25, 0.3) is 21.9 Å². The van der Waals surface area contributed by atoms with Crippen molar-refractivity contribution in [1.82, 2.24) is 14.5 Å². The van der Waals surface area contributed by atoms with E-state index < -0.39 is 0 Å². The summed E-state index contributed by atoms with van der Waals surface area (Å²) in [6.07, 6.45) is 3.73. The first kappa shape index (κ1) is 20.7. The third-order valence-electron chi connectivity index (χ3n) is 5.52. The lowest BCUT2D eigenvalue weighted by molar-refractivity contribution is -0.118. The Morgan fingerprint density at radius 2 is 1.81 bits per heavy atom. The lowest BCUT2D eigenvalue weighted by Gasteiger charge is -2.11. The molecule has 0 saturated heterocycles. The van der Waals surface area contributed by atoms with Crippen LogP contribution in [0.2, 0.25) is 0 Å². The van der Waals surface area contributed by atoms with Crippen molar-refractivity contribution in [2.75, 3.05) is 12.8 Å². The molecule has 4 N–H and O–H groups in total. The number of fused-ring (bicyclic) bond motifs is 3. The zero-order chi connectivity index (χ0) is 21.8. The van der Waals surface area contributed by atoms with Crippen molar-refractivity contribution in [1.29, 1.82) is 0 Å². The fourth-order valence-corrected chi connectivity index (χ4v) is 3.95. The molecule has 0 bridgehead atoms. The first-order chi connectivity index (χ1) is 15.1. The Balaban J connectivity index is 1.73. The third kappa shape index (κ3) is 4.45. The number of benzene rings is 2. The molecule has 0 fully saturated rings.